The third kappa shape index (κ3) is 30.1. The van der Waals surface area contributed by atoms with Gasteiger partial charge in [0.2, 0.25) is 5.91 Å². The summed E-state index contributed by atoms with van der Waals surface area (Å²) in [5.74, 6) is -0.251. The zero-order valence-corrected chi connectivity index (χ0v) is 45.2. The smallest absolute Gasteiger partial charge is 0.220 e. The number of carbonyl (C=O) groups excluding carboxylic acids is 1. The molecule has 14 nitrogen and oxygen atoms in total. The van der Waals surface area contributed by atoms with Crippen molar-refractivity contribution >= 4 is 5.91 Å². The zero-order chi connectivity index (χ0) is 52.4. The van der Waals surface area contributed by atoms with E-state index in [1.54, 1.807) is 6.08 Å². The Labute approximate surface area is 436 Å². The summed E-state index contributed by atoms with van der Waals surface area (Å²) in [7, 11) is 0. The standard InChI is InChI=1S/C58H107NO13/c1-3-5-7-9-11-13-15-17-19-21-22-23-24-26-27-29-31-33-35-37-39-41-47(62)46(59-50(63)42-40-38-36-34-32-30-28-25-20-18-16-14-12-10-8-6-4-2)45-69-57-55(68)53(66)56(49(44-61)71-57)72-58-54(67)52(65)51(64)48(43-60)70-58/h24,26,31,33,39,41,46-49,51-58,60-62,64-68H,3-23,25,27-30,32,34-38,40,42-45H2,1-2H3,(H,59,63)/b26-24+,33-31+,41-39+. The van der Waals surface area contributed by atoms with E-state index >= 15 is 0 Å². The summed E-state index contributed by atoms with van der Waals surface area (Å²) >= 11 is 0. The predicted octanol–water partition coefficient (Wildman–Crippen LogP) is 9.44. The van der Waals surface area contributed by atoms with Crippen LogP contribution in [0, 0.1) is 0 Å². The molecule has 0 bridgehead atoms. The van der Waals surface area contributed by atoms with Gasteiger partial charge in [0.25, 0.3) is 0 Å². The van der Waals surface area contributed by atoms with Gasteiger partial charge in [0.1, 0.15) is 48.8 Å². The van der Waals surface area contributed by atoms with E-state index in [2.05, 4.69) is 43.5 Å². The maximum atomic E-state index is 13.2. The second-order valence-electron chi connectivity index (χ2n) is 20.8. The lowest BCUT2D eigenvalue weighted by Crippen LogP contribution is -2.65. The van der Waals surface area contributed by atoms with Crippen LogP contribution in [-0.2, 0) is 23.7 Å². The van der Waals surface area contributed by atoms with Crippen LogP contribution in [0.3, 0.4) is 0 Å². The maximum absolute atomic E-state index is 13.2. The summed E-state index contributed by atoms with van der Waals surface area (Å²) in [5, 5.41) is 87.0. The molecule has 2 fully saturated rings. The van der Waals surface area contributed by atoms with Crippen LogP contribution in [0.5, 0.6) is 0 Å². The summed E-state index contributed by atoms with van der Waals surface area (Å²) in [6, 6.07) is -0.935. The summed E-state index contributed by atoms with van der Waals surface area (Å²) < 4.78 is 22.7. The van der Waals surface area contributed by atoms with E-state index in [0.717, 1.165) is 44.9 Å². The Kier molecular flexibility index (Phi) is 40.9. The molecule has 0 spiro atoms. The van der Waals surface area contributed by atoms with E-state index < -0.39 is 86.8 Å². The van der Waals surface area contributed by atoms with Gasteiger partial charge in [0, 0.05) is 6.42 Å². The largest absolute Gasteiger partial charge is 0.394 e. The van der Waals surface area contributed by atoms with Crippen molar-refractivity contribution in [3.05, 3.63) is 36.5 Å². The highest BCUT2D eigenvalue weighted by Crippen LogP contribution is 2.30. The molecule has 0 radical (unpaired) electrons. The van der Waals surface area contributed by atoms with Gasteiger partial charge in [-0.2, -0.15) is 0 Å². The minimum Gasteiger partial charge on any atom is -0.394 e. The highest BCUT2D eigenvalue weighted by atomic mass is 16.7. The molecule has 72 heavy (non-hydrogen) atoms. The third-order valence-electron chi connectivity index (χ3n) is 14.3. The topological polar surface area (TPSA) is 228 Å². The Hall–Kier alpha value is -1.79. The van der Waals surface area contributed by atoms with E-state index in [0.29, 0.717) is 12.8 Å². The first kappa shape index (κ1) is 66.3. The number of hydrogen-bond donors (Lipinski definition) is 9. The molecule has 0 aromatic heterocycles. The van der Waals surface area contributed by atoms with Crippen LogP contribution in [0.2, 0.25) is 0 Å². The SMILES string of the molecule is CCCCCCCCCCCCC/C=C/CC/C=C/CC/C=C/C(O)C(COC1OC(CO)C(OC2OC(CO)C(O)C(O)C2O)C(O)C1O)NC(=O)CCCCCCCCCCCCCCCCCCC. The molecule has 9 N–H and O–H groups in total. The Morgan fingerprint density at radius 2 is 0.889 bits per heavy atom. The van der Waals surface area contributed by atoms with Crippen molar-refractivity contribution in [3.8, 4) is 0 Å². The van der Waals surface area contributed by atoms with Crippen LogP contribution < -0.4 is 5.32 Å². The van der Waals surface area contributed by atoms with Gasteiger partial charge in [-0.3, -0.25) is 4.79 Å². The van der Waals surface area contributed by atoms with Crippen LogP contribution in [0.1, 0.15) is 232 Å². The Morgan fingerprint density at radius 1 is 0.486 bits per heavy atom. The summed E-state index contributed by atoms with van der Waals surface area (Å²) in [6.07, 6.45) is 36.1. The van der Waals surface area contributed by atoms with E-state index in [-0.39, 0.29) is 18.9 Å². The van der Waals surface area contributed by atoms with Crippen molar-refractivity contribution in [2.45, 2.75) is 306 Å². The zero-order valence-electron chi connectivity index (χ0n) is 45.2. The molecule has 0 aromatic rings. The summed E-state index contributed by atoms with van der Waals surface area (Å²) in [6.45, 7) is 2.79. The fraction of sp³-hybridized carbons (Fsp3) is 0.879. The second-order valence-corrected chi connectivity index (χ2v) is 20.8. The Bertz CT molecular complexity index is 1350. The Balaban J connectivity index is 1.81. The average molecular weight is 1030 g/mol. The van der Waals surface area contributed by atoms with Gasteiger partial charge >= 0.3 is 0 Å². The normalized spacial score (nSPS) is 25.8. The van der Waals surface area contributed by atoms with Crippen LogP contribution in [0.15, 0.2) is 36.5 Å². The first-order valence-electron chi connectivity index (χ1n) is 29.2. The first-order valence-corrected chi connectivity index (χ1v) is 29.2. The predicted molar refractivity (Wildman–Crippen MR) is 286 cm³/mol. The number of carbonyl (C=O) groups is 1. The van der Waals surface area contributed by atoms with Crippen molar-refractivity contribution in [2.24, 2.45) is 0 Å². The highest BCUT2D eigenvalue weighted by molar-refractivity contribution is 5.76. The molecule has 2 aliphatic rings. The molecule has 2 heterocycles. The van der Waals surface area contributed by atoms with Crippen molar-refractivity contribution in [3.63, 3.8) is 0 Å². The number of unbranched alkanes of at least 4 members (excludes halogenated alkanes) is 29. The fourth-order valence-electron chi connectivity index (χ4n) is 9.56. The van der Waals surface area contributed by atoms with Crippen molar-refractivity contribution < 1.29 is 64.6 Å². The molecule has 12 unspecified atom stereocenters. The van der Waals surface area contributed by atoms with Crippen LogP contribution >= 0.6 is 0 Å². The lowest BCUT2D eigenvalue weighted by molar-refractivity contribution is -0.359. The number of ether oxygens (including phenoxy) is 4. The molecule has 422 valence electrons. The lowest BCUT2D eigenvalue weighted by Gasteiger charge is -2.46. The summed E-state index contributed by atoms with van der Waals surface area (Å²) in [4.78, 5) is 13.2. The van der Waals surface area contributed by atoms with Gasteiger partial charge in [-0.15, -0.1) is 0 Å². The van der Waals surface area contributed by atoms with Crippen molar-refractivity contribution in [1.82, 2.24) is 5.32 Å². The van der Waals surface area contributed by atoms with E-state index in [1.807, 2.05) is 6.08 Å². The number of hydrogen-bond acceptors (Lipinski definition) is 13. The first-order chi connectivity index (χ1) is 35.1. The lowest BCUT2D eigenvalue weighted by atomic mass is 9.97. The monoisotopic (exact) mass is 1030 g/mol. The summed E-state index contributed by atoms with van der Waals surface area (Å²) in [5.41, 5.74) is 0. The second kappa shape index (κ2) is 44.3. The molecule has 12 atom stereocenters. The molecular formula is C58H107NO13. The van der Waals surface area contributed by atoms with E-state index in [4.69, 9.17) is 18.9 Å². The molecule has 1 amide bonds. The quantitative estimate of drug-likeness (QED) is 0.0205. The van der Waals surface area contributed by atoms with Crippen LogP contribution in [0.4, 0.5) is 0 Å². The van der Waals surface area contributed by atoms with Gasteiger partial charge in [0.15, 0.2) is 12.6 Å². The highest BCUT2D eigenvalue weighted by Gasteiger charge is 2.51. The van der Waals surface area contributed by atoms with E-state index in [9.17, 15) is 45.6 Å². The molecule has 2 aliphatic heterocycles. The van der Waals surface area contributed by atoms with Crippen molar-refractivity contribution in [1.29, 1.82) is 0 Å². The third-order valence-corrected chi connectivity index (χ3v) is 14.3. The van der Waals surface area contributed by atoms with Gasteiger partial charge in [-0.05, 0) is 44.9 Å². The Morgan fingerprint density at radius 3 is 1.36 bits per heavy atom. The van der Waals surface area contributed by atoms with Crippen molar-refractivity contribution in [2.75, 3.05) is 19.8 Å². The van der Waals surface area contributed by atoms with Crippen LogP contribution in [-0.4, -0.2) is 140 Å². The van der Waals surface area contributed by atoms with Gasteiger partial charge in [-0.1, -0.05) is 217 Å². The molecule has 14 heteroatoms. The molecule has 0 saturated carbocycles. The number of aliphatic hydroxyl groups is 8. The molecular weight excluding hydrogens is 919 g/mol. The minimum atomic E-state index is -1.79. The molecule has 0 aromatic carbocycles. The maximum Gasteiger partial charge on any atom is 0.220 e. The van der Waals surface area contributed by atoms with Gasteiger partial charge in [-0.25, -0.2) is 0 Å². The number of rotatable bonds is 46. The molecule has 2 saturated heterocycles. The van der Waals surface area contributed by atoms with E-state index in [1.165, 1.54) is 154 Å². The van der Waals surface area contributed by atoms with Crippen LogP contribution in [0.25, 0.3) is 0 Å². The number of aliphatic hydroxyl groups excluding tert-OH is 8. The number of nitrogens with one attached hydrogen (secondary N) is 1. The minimum absolute atomic E-state index is 0.251. The number of allylic oxidation sites excluding steroid dienone is 5. The fourth-order valence-corrected chi connectivity index (χ4v) is 9.56. The number of amides is 1. The molecule has 2 rings (SSSR count). The van der Waals surface area contributed by atoms with Gasteiger partial charge in [0.05, 0.1) is 32.0 Å². The average Bonchev–Trinajstić information content (AvgIpc) is 3.38. The van der Waals surface area contributed by atoms with Gasteiger partial charge < -0.3 is 65.1 Å². The molecule has 0 aliphatic carbocycles.